The zero-order valence-corrected chi connectivity index (χ0v) is 11.2. The molecule has 20 heavy (non-hydrogen) atoms. The lowest BCUT2D eigenvalue weighted by atomic mass is 10.1. The van der Waals surface area contributed by atoms with Crippen molar-refractivity contribution in [3.05, 3.63) is 69.6 Å². The van der Waals surface area contributed by atoms with Gasteiger partial charge in [-0.25, -0.2) is 5.10 Å². The first-order valence-electron chi connectivity index (χ1n) is 6.09. The van der Waals surface area contributed by atoms with Crippen molar-refractivity contribution in [3.63, 3.8) is 0 Å². The zero-order chi connectivity index (χ0) is 13.9. The lowest BCUT2D eigenvalue weighted by Gasteiger charge is -2.08. The smallest absolute Gasteiger partial charge is 0.272 e. The normalized spacial score (nSPS) is 10.7. The van der Waals surface area contributed by atoms with Crippen LogP contribution in [0, 0.1) is 0 Å². The number of benzene rings is 2. The molecule has 4 nitrogen and oxygen atoms in total. The fraction of sp³-hybridized carbons (Fsp3) is 0.0667. The number of hydrogen-bond acceptors (Lipinski definition) is 3. The highest BCUT2D eigenvalue weighted by Gasteiger charge is 2.07. The maximum Gasteiger partial charge on any atom is 0.272 e. The average molecular weight is 287 g/mol. The quantitative estimate of drug-likeness (QED) is 0.805. The molecule has 0 saturated carbocycles. The number of fused-ring (bicyclic) bond motifs is 1. The van der Waals surface area contributed by atoms with Gasteiger partial charge in [-0.1, -0.05) is 41.9 Å². The van der Waals surface area contributed by atoms with Gasteiger partial charge in [-0.3, -0.25) is 4.79 Å². The summed E-state index contributed by atoms with van der Waals surface area (Å²) in [6.45, 7) is 0.237. The molecule has 0 atom stereocenters. The second-order valence-electron chi connectivity index (χ2n) is 4.26. The number of ether oxygens (including phenoxy) is 1. The van der Waals surface area contributed by atoms with Gasteiger partial charge in [0.2, 0.25) is 0 Å². The maximum atomic E-state index is 11.7. The summed E-state index contributed by atoms with van der Waals surface area (Å²) in [7, 11) is 0. The van der Waals surface area contributed by atoms with Crippen molar-refractivity contribution in [2.45, 2.75) is 6.61 Å². The highest BCUT2D eigenvalue weighted by molar-refractivity contribution is 6.32. The van der Waals surface area contributed by atoms with Gasteiger partial charge in [-0.15, -0.1) is 0 Å². The molecular weight excluding hydrogens is 276 g/mol. The van der Waals surface area contributed by atoms with E-state index in [0.29, 0.717) is 21.9 Å². The molecule has 1 aromatic heterocycles. The van der Waals surface area contributed by atoms with E-state index in [-0.39, 0.29) is 12.2 Å². The third-order valence-electron chi connectivity index (χ3n) is 2.98. The fourth-order valence-corrected chi connectivity index (χ4v) is 2.18. The van der Waals surface area contributed by atoms with Crippen molar-refractivity contribution in [3.8, 4) is 5.75 Å². The second kappa shape index (κ2) is 5.35. The molecule has 0 radical (unpaired) electrons. The average Bonchev–Trinajstić information content (AvgIpc) is 2.48. The number of hydrogen-bond donors (Lipinski definition) is 1. The molecule has 0 saturated heterocycles. The summed E-state index contributed by atoms with van der Waals surface area (Å²) in [6.07, 6.45) is 0. The monoisotopic (exact) mass is 286 g/mol. The number of halogens is 1. The van der Waals surface area contributed by atoms with Crippen molar-refractivity contribution in [2.24, 2.45) is 0 Å². The van der Waals surface area contributed by atoms with E-state index in [1.807, 2.05) is 30.3 Å². The van der Waals surface area contributed by atoms with Crippen LogP contribution in [0.15, 0.2) is 53.3 Å². The van der Waals surface area contributed by atoms with E-state index in [1.54, 1.807) is 18.2 Å². The van der Waals surface area contributed by atoms with Gasteiger partial charge in [0, 0.05) is 5.39 Å². The number of nitrogens with one attached hydrogen (secondary N) is 1. The Kier molecular flexibility index (Phi) is 3.39. The summed E-state index contributed by atoms with van der Waals surface area (Å²) in [5.74, 6) is 0.589. The second-order valence-corrected chi connectivity index (χ2v) is 4.67. The van der Waals surface area contributed by atoms with Crippen LogP contribution < -0.4 is 10.3 Å². The van der Waals surface area contributed by atoms with Crippen molar-refractivity contribution in [1.29, 1.82) is 0 Å². The van der Waals surface area contributed by atoms with Gasteiger partial charge < -0.3 is 4.74 Å². The first-order chi connectivity index (χ1) is 9.75. The Morgan fingerprint density at radius 3 is 2.55 bits per heavy atom. The predicted molar refractivity (Wildman–Crippen MR) is 78.1 cm³/mol. The summed E-state index contributed by atoms with van der Waals surface area (Å²) < 4.78 is 5.65. The number of H-pyrrole nitrogens is 1. The van der Waals surface area contributed by atoms with Crippen LogP contribution in [0.1, 0.15) is 5.69 Å². The molecular formula is C15H11ClN2O2. The first kappa shape index (κ1) is 12.7. The number of nitrogens with zero attached hydrogens (tertiary/aromatic N) is 1. The summed E-state index contributed by atoms with van der Waals surface area (Å²) in [6, 6.07) is 14.5. The molecule has 0 aliphatic rings. The SMILES string of the molecule is O=c1[nH]nc(COc2ccccc2Cl)c2ccccc12. The van der Waals surface area contributed by atoms with Gasteiger partial charge in [0.05, 0.1) is 10.4 Å². The minimum Gasteiger partial charge on any atom is -0.486 e. The molecule has 1 heterocycles. The van der Waals surface area contributed by atoms with Crippen LogP contribution in [0.3, 0.4) is 0 Å². The van der Waals surface area contributed by atoms with Crippen molar-refractivity contribution < 1.29 is 4.74 Å². The summed E-state index contributed by atoms with van der Waals surface area (Å²) in [4.78, 5) is 11.7. The maximum absolute atomic E-state index is 11.7. The van der Waals surface area contributed by atoms with Gasteiger partial charge >= 0.3 is 0 Å². The molecule has 100 valence electrons. The number of aromatic amines is 1. The minimum absolute atomic E-state index is 0.206. The van der Waals surface area contributed by atoms with Crippen LogP contribution >= 0.6 is 11.6 Å². The topological polar surface area (TPSA) is 55.0 Å². The molecule has 1 N–H and O–H groups in total. The van der Waals surface area contributed by atoms with Crippen LogP contribution in [0.25, 0.3) is 10.8 Å². The van der Waals surface area contributed by atoms with Crippen LogP contribution in [0.2, 0.25) is 5.02 Å². The van der Waals surface area contributed by atoms with Crippen LogP contribution in [-0.4, -0.2) is 10.2 Å². The highest BCUT2D eigenvalue weighted by atomic mass is 35.5. The summed E-state index contributed by atoms with van der Waals surface area (Å²) >= 11 is 6.03. The van der Waals surface area contributed by atoms with Gasteiger partial charge in [-0.05, 0) is 18.2 Å². The summed E-state index contributed by atoms with van der Waals surface area (Å²) in [5, 5.41) is 8.44. The Morgan fingerprint density at radius 1 is 1.05 bits per heavy atom. The molecule has 0 spiro atoms. The molecule has 0 aliphatic carbocycles. The Balaban J connectivity index is 1.94. The van der Waals surface area contributed by atoms with E-state index < -0.39 is 0 Å². The Bertz CT molecular complexity index is 814. The molecule has 0 aliphatic heterocycles. The largest absolute Gasteiger partial charge is 0.486 e. The third kappa shape index (κ3) is 2.38. The van der Waals surface area contributed by atoms with E-state index in [4.69, 9.17) is 16.3 Å². The van der Waals surface area contributed by atoms with Crippen molar-refractivity contribution in [2.75, 3.05) is 0 Å². The predicted octanol–water partition coefficient (Wildman–Crippen LogP) is 3.16. The molecule has 0 amide bonds. The van der Waals surface area contributed by atoms with Gasteiger partial charge in [0.25, 0.3) is 5.56 Å². The van der Waals surface area contributed by atoms with E-state index in [1.165, 1.54) is 0 Å². The molecule has 2 aromatic carbocycles. The number of aromatic nitrogens is 2. The third-order valence-corrected chi connectivity index (χ3v) is 3.29. The molecule has 3 aromatic rings. The fourth-order valence-electron chi connectivity index (χ4n) is 1.99. The van der Waals surface area contributed by atoms with Gasteiger partial charge in [-0.2, -0.15) is 5.10 Å². The van der Waals surface area contributed by atoms with E-state index in [9.17, 15) is 4.79 Å². The Morgan fingerprint density at radius 2 is 1.75 bits per heavy atom. The molecule has 0 unspecified atom stereocenters. The molecule has 0 fully saturated rings. The minimum atomic E-state index is -0.206. The highest BCUT2D eigenvalue weighted by Crippen LogP contribution is 2.24. The standard InChI is InChI=1S/C15H11ClN2O2/c16-12-7-3-4-8-14(12)20-9-13-10-5-1-2-6-11(10)15(19)18-17-13/h1-8H,9H2,(H,18,19). The molecule has 5 heteroatoms. The van der Waals surface area contributed by atoms with Crippen LogP contribution in [0.4, 0.5) is 0 Å². The van der Waals surface area contributed by atoms with Crippen molar-refractivity contribution in [1.82, 2.24) is 10.2 Å². The Hall–Kier alpha value is -2.33. The lowest BCUT2D eigenvalue weighted by molar-refractivity contribution is 0.301. The van der Waals surface area contributed by atoms with E-state index in [2.05, 4.69) is 10.2 Å². The van der Waals surface area contributed by atoms with E-state index in [0.717, 1.165) is 5.39 Å². The lowest BCUT2D eigenvalue weighted by Crippen LogP contribution is -2.12. The molecule has 3 rings (SSSR count). The first-order valence-corrected chi connectivity index (χ1v) is 6.47. The Labute approximate surface area is 120 Å². The van der Waals surface area contributed by atoms with Crippen molar-refractivity contribution >= 4 is 22.4 Å². The summed E-state index contributed by atoms with van der Waals surface area (Å²) in [5.41, 5.74) is 0.460. The van der Waals surface area contributed by atoms with Crippen LogP contribution in [0.5, 0.6) is 5.75 Å². The van der Waals surface area contributed by atoms with Crippen LogP contribution in [-0.2, 0) is 6.61 Å². The molecule has 0 bridgehead atoms. The number of rotatable bonds is 3. The number of para-hydroxylation sites is 1. The van der Waals surface area contributed by atoms with Gasteiger partial charge in [0.1, 0.15) is 18.1 Å². The van der Waals surface area contributed by atoms with E-state index >= 15 is 0 Å². The van der Waals surface area contributed by atoms with Gasteiger partial charge in [0.15, 0.2) is 0 Å². The zero-order valence-electron chi connectivity index (χ0n) is 10.5.